The van der Waals surface area contributed by atoms with Crippen LogP contribution in [0.2, 0.25) is 0 Å². The van der Waals surface area contributed by atoms with Crippen LogP contribution in [-0.4, -0.2) is 49.6 Å². The molecule has 2 N–H and O–H groups in total. The number of amides is 1. The Bertz CT molecular complexity index is 1080. The summed E-state index contributed by atoms with van der Waals surface area (Å²) in [6, 6.07) is 9.91. The highest BCUT2D eigenvalue weighted by atomic mass is 32.2. The predicted octanol–water partition coefficient (Wildman–Crippen LogP) is 2.80. The summed E-state index contributed by atoms with van der Waals surface area (Å²) >= 11 is 0. The maximum atomic E-state index is 14.0. The zero-order valence-electron chi connectivity index (χ0n) is 18.6. The molecule has 3 rings (SSSR count). The van der Waals surface area contributed by atoms with Crippen molar-refractivity contribution in [3.63, 3.8) is 0 Å². The van der Waals surface area contributed by atoms with Crippen LogP contribution >= 0.6 is 0 Å². The molecule has 0 aliphatic carbocycles. The van der Waals surface area contributed by atoms with E-state index < -0.39 is 40.3 Å². The minimum absolute atomic E-state index is 0.00662. The Morgan fingerprint density at radius 1 is 1.19 bits per heavy atom. The Labute approximate surface area is 188 Å². The molecule has 1 aliphatic heterocycles. The summed E-state index contributed by atoms with van der Waals surface area (Å²) in [5.74, 6) is -1.27. The van der Waals surface area contributed by atoms with Crippen molar-refractivity contribution in [1.29, 1.82) is 0 Å². The van der Waals surface area contributed by atoms with Gasteiger partial charge < -0.3 is 15.2 Å². The van der Waals surface area contributed by atoms with Crippen molar-refractivity contribution in [3.8, 4) is 0 Å². The molecule has 2 aromatic carbocycles. The van der Waals surface area contributed by atoms with Gasteiger partial charge in [0.25, 0.3) is 15.9 Å². The van der Waals surface area contributed by atoms with Crippen LogP contribution in [0.4, 0.5) is 0 Å². The SMILES string of the molecule is CC(=O)OC1OCCC[C@@H]1N(C(=O)[C@@H](N)CC(C)C)S(=O)(=O)c1cccc2ccccc12. The molecule has 32 heavy (non-hydrogen) atoms. The Balaban J connectivity index is 2.14. The van der Waals surface area contributed by atoms with Gasteiger partial charge >= 0.3 is 5.97 Å². The molecule has 0 radical (unpaired) electrons. The Morgan fingerprint density at radius 2 is 1.88 bits per heavy atom. The van der Waals surface area contributed by atoms with Gasteiger partial charge in [-0.05, 0) is 36.6 Å². The minimum atomic E-state index is -4.34. The van der Waals surface area contributed by atoms with E-state index in [0.717, 1.165) is 9.69 Å². The first-order valence-corrected chi connectivity index (χ1v) is 12.2. The van der Waals surface area contributed by atoms with Crippen molar-refractivity contribution in [2.24, 2.45) is 11.7 Å². The van der Waals surface area contributed by atoms with Gasteiger partial charge in [-0.25, -0.2) is 12.7 Å². The molecule has 8 nitrogen and oxygen atoms in total. The topological polar surface area (TPSA) is 116 Å². The van der Waals surface area contributed by atoms with Crippen LogP contribution in [0.1, 0.15) is 40.0 Å². The van der Waals surface area contributed by atoms with Crippen LogP contribution in [0.15, 0.2) is 47.4 Å². The van der Waals surface area contributed by atoms with E-state index in [1.165, 1.54) is 13.0 Å². The Morgan fingerprint density at radius 3 is 2.56 bits per heavy atom. The van der Waals surface area contributed by atoms with E-state index in [0.29, 0.717) is 31.3 Å². The molecule has 3 atom stereocenters. The molecule has 0 saturated carbocycles. The summed E-state index contributed by atoms with van der Waals surface area (Å²) in [5, 5.41) is 1.22. The standard InChI is InChI=1S/C23H30N2O6S/c1-15(2)14-19(24)22(27)25(20-11-7-13-30-23(20)31-16(3)26)32(28,29)21-12-6-9-17-8-4-5-10-18(17)21/h4-6,8-10,12,15,19-20,23H,7,11,13-14,24H2,1-3H3/t19-,20-,23?/m0/s1. The number of sulfonamides is 1. The highest BCUT2D eigenvalue weighted by Gasteiger charge is 2.45. The smallest absolute Gasteiger partial charge is 0.305 e. The summed E-state index contributed by atoms with van der Waals surface area (Å²) in [6.07, 6.45) is -0.0773. The zero-order chi connectivity index (χ0) is 23.5. The maximum Gasteiger partial charge on any atom is 0.305 e. The number of esters is 1. The fourth-order valence-electron chi connectivity index (χ4n) is 4.00. The van der Waals surface area contributed by atoms with E-state index in [1.54, 1.807) is 30.3 Å². The van der Waals surface area contributed by atoms with E-state index in [9.17, 15) is 18.0 Å². The molecule has 1 aliphatic rings. The number of carbonyl (C=O) groups excluding carboxylic acids is 2. The quantitative estimate of drug-likeness (QED) is 0.629. The van der Waals surface area contributed by atoms with Gasteiger partial charge in [0.15, 0.2) is 0 Å². The molecule has 1 heterocycles. The van der Waals surface area contributed by atoms with Gasteiger partial charge in [-0.3, -0.25) is 9.59 Å². The summed E-state index contributed by atoms with van der Waals surface area (Å²) in [5.41, 5.74) is 6.16. The van der Waals surface area contributed by atoms with E-state index >= 15 is 0 Å². The summed E-state index contributed by atoms with van der Waals surface area (Å²) in [7, 11) is -4.34. The van der Waals surface area contributed by atoms with Crippen molar-refractivity contribution in [2.45, 2.75) is 63.3 Å². The van der Waals surface area contributed by atoms with Gasteiger partial charge in [0, 0.05) is 12.3 Å². The molecular weight excluding hydrogens is 432 g/mol. The molecule has 1 amide bonds. The predicted molar refractivity (Wildman–Crippen MR) is 120 cm³/mol. The first-order valence-electron chi connectivity index (χ1n) is 10.7. The van der Waals surface area contributed by atoms with E-state index in [1.807, 2.05) is 19.9 Å². The molecule has 0 aromatic heterocycles. The van der Waals surface area contributed by atoms with Crippen molar-refractivity contribution in [1.82, 2.24) is 4.31 Å². The van der Waals surface area contributed by atoms with Crippen LogP contribution in [0.5, 0.6) is 0 Å². The molecule has 174 valence electrons. The highest BCUT2D eigenvalue weighted by molar-refractivity contribution is 7.90. The maximum absolute atomic E-state index is 14.0. The van der Waals surface area contributed by atoms with Crippen LogP contribution in [0.3, 0.4) is 0 Å². The number of rotatable bonds is 7. The first-order chi connectivity index (χ1) is 15.1. The Hall–Kier alpha value is -2.49. The van der Waals surface area contributed by atoms with Crippen molar-refractivity contribution in [3.05, 3.63) is 42.5 Å². The van der Waals surface area contributed by atoms with Crippen LogP contribution < -0.4 is 5.73 Å². The normalized spacial score (nSPS) is 20.2. The van der Waals surface area contributed by atoms with Gasteiger partial charge in [0.1, 0.15) is 6.04 Å². The third kappa shape index (κ3) is 5.11. The van der Waals surface area contributed by atoms with E-state index in [4.69, 9.17) is 15.2 Å². The largest absolute Gasteiger partial charge is 0.434 e. The lowest BCUT2D eigenvalue weighted by molar-refractivity contribution is -0.199. The molecule has 0 bridgehead atoms. The molecular formula is C23H30N2O6S. The number of benzene rings is 2. The van der Waals surface area contributed by atoms with Gasteiger partial charge in [0.05, 0.1) is 17.5 Å². The lowest BCUT2D eigenvalue weighted by Crippen LogP contribution is -2.57. The van der Waals surface area contributed by atoms with Gasteiger partial charge in [0.2, 0.25) is 6.29 Å². The zero-order valence-corrected chi connectivity index (χ0v) is 19.4. The summed E-state index contributed by atoms with van der Waals surface area (Å²) in [4.78, 5) is 25.1. The molecule has 1 fully saturated rings. The Kier molecular flexibility index (Phi) is 7.53. The average Bonchev–Trinajstić information content (AvgIpc) is 2.73. The monoisotopic (exact) mass is 462 g/mol. The minimum Gasteiger partial charge on any atom is -0.434 e. The second-order valence-corrected chi connectivity index (χ2v) is 10.2. The lowest BCUT2D eigenvalue weighted by Gasteiger charge is -2.39. The average molecular weight is 463 g/mol. The van der Waals surface area contributed by atoms with Gasteiger partial charge in [-0.2, -0.15) is 0 Å². The fraction of sp³-hybridized carbons (Fsp3) is 0.478. The third-order valence-electron chi connectivity index (χ3n) is 5.37. The highest BCUT2D eigenvalue weighted by Crippen LogP contribution is 2.32. The molecule has 2 aromatic rings. The van der Waals surface area contributed by atoms with Crippen LogP contribution in [-0.2, 0) is 29.1 Å². The van der Waals surface area contributed by atoms with Gasteiger partial charge in [-0.1, -0.05) is 50.2 Å². The van der Waals surface area contributed by atoms with E-state index in [2.05, 4.69) is 0 Å². The molecule has 1 unspecified atom stereocenters. The number of ether oxygens (including phenoxy) is 2. The van der Waals surface area contributed by atoms with Crippen molar-refractivity contribution < 1.29 is 27.5 Å². The summed E-state index contributed by atoms with van der Waals surface area (Å²) in [6.45, 7) is 5.32. The van der Waals surface area contributed by atoms with E-state index in [-0.39, 0.29) is 10.8 Å². The number of nitrogens with zero attached hydrogens (tertiary/aromatic N) is 1. The molecule has 0 spiro atoms. The second kappa shape index (κ2) is 9.97. The summed E-state index contributed by atoms with van der Waals surface area (Å²) < 4.78 is 39.5. The number of hydrogen-bond acceptors (Lipinski definition) is 7. The lowest BCUT2D eigenvalue weighted by atomic mass is 10.0. The number of nitrogens with two attached hydrogens (primary N) is 1. The third-order valence-corrected chi connectivity index (χ3v) is 7.25. The van der Waals surface area contributed by atoms with Crippen LogP contribution in [0.25, 0.3) is 10.8 Å². The first kappa shape index (κ1) is 24.2. The number of fused-ring (bicyclic) bond motifs is 1. The molecule has 9 heteroatoms. The van der Waals surface area contributed by atoms with Gasteiger partial charge in [-0.15, -0.1) is 0 Å². The fourth-order valence-corrected chi connectivity index (χ4v) is 5.86. The van der Waals surface area contributed by atoms with Crippen molar-refractivity contribution >= 4 is 32.7 Å². The van der Waals surface area contributed by atoms with Crippen molar-refractivity contribution in [2.75, 3.05) is 6.61 Å². The van der Waals surface area contributed by atoms with Crippen LogP contribution in [0, 0.1) is 5.92 Å². The number of carbonyl (C=O) groups is 2. The number of hydrogen-bond donors (Lipinski definition) is 1. The second-order valence-electron chi connectivity index (χ2n) is 8.41. The molecule has 1 saturated heterocycles.